The highest BCUT2D eigenvalue weighted by Crippen LogP contribution is 2.27. The molecule has 0 atom stereocenters. The van der Waals surface area contributed by atoms with E-state index in [1.165, 1.54) is 37.3 Å². The molecule has 3 rings (SSSR count). The van der Waals surface area contributed by atoms with Crippen molar-refractivity contribution in [1.82, 2.24) is 14.7 Å². The van der Waals surface area contributed by atoms with Crippen molar-refractivity contribution in [2.45, 2.75) is 45.6 Å². The third-order valence-electron chi connectivity index (χ3n) is 6.66. The first-order valence-electron chi connectivity index (χ1n) is 12.6. The highest BCUT2D eigenvalue weighted by Gasteiger charge is 2.18. The average Bonchev–Trinajstić information content (AvgIpc) is 2.87. The molecule has 35 heavy (non-hydrogen) atoms. The van der Waals surface area contributed by atoms with Gasteiger partial charge in [0.25, 0.3) is 0 Å². The maximum atomic E-state index is 12.6. The topological polar surface area (TPSA) is 88.1 Å². The number of ether oxygens (including phenoxy) is 1. The molecular formula is C28H41N5O2. The predicted octanol–water partition coefficient (Wildman–Crippen LogP) is 4.84. The molecule has 2 aromatic rings. The van der Waals surface area contributed by atoms with Gasteiger partial charge in [-0.1, -0.05) is 24.6 Å². The minimum atomic E-state index is -0.171. The van der Waals surface area contributed by atoms with Gasteiger partial charge in [0, 0.05) is 37.9 Å². The average molecular weight is 480 g/mol. The third-order valence-corrected chi connectivity index (χ3v) is 6.66. The summed E-state index contributed by atoms with van der Waals surface area (Å²) in [6.07, 6.45) is 6.79. The van der Waals surface area contributed by atoms with E-state index in [4.69, 9.17) is 16.2 Å². The Morgan fingerprint density at radius 3 is 2.37 bits per heavy atom. The lowest BCUT2D eigenvalue weighted by Crippen LogP contribution is -2.43. The molecule has 1 aliphatic heterocycles. The zero-order chi connectivity index (χ0) is 25.4. The molecule has 0 bridgehead atoms. The van der Waals surface area contributed by atoms with E-state index in [0.29, 0.717) is 11.5 Å². The molecule has 1 fully saturated rings. The zero-order valence-electron chi connectivity index (χ0n) is 21.7. The van der Waals surface area contributed by atoms with Gasteiger partial charge < -0.3 is 26.0 Å². The molecule has 1 aliphatic rings. The number of anilines is 1. The number of nitrogen functional groups attached to an aromatic ring is 1. The van der Waals surface area contributed by atoms with Gasteiger partial charge in [-0.25, -0.2) is 4.79 Å². The summed E-state index contributed by atoms with van der Waals surface area (Å²) in [5.74, 6) is 1.21. The number of piperidine rings is 1. The van der Waals surface area contributed by atoms with E-state index in [1.54, 1.807) is 25.1 Å². The summed E-state index contributed by atoms with van der Waals surface area (Å²) < 4.78 is 5.95. The molecule has 2 amide bonds. The monoisotopic (exact) mass is 479 g/mol. The Labute approximate surface area is 210 Å². The van der Waals surface area contributed by atoms with E-state index in [-0.39, 0.29) is 12.1 Å². The fourth-order valence-corrected chi connectivity index (χ4v) is 4.11. The maximum absolute atomic E-state index is 12.6. The SMILES string of the molecule is CC(C)N(C)C(=O)N(C)/C(N)=C/c1cc(-c2ccc(OCCCN3CCCCC3)cc2)ccc1N. The number of nitrogens with zero attached hydrogens (tertiary/aromatic N) is 3. The molecular weight excluding hydrogens is 438 g/mol. The van der Waals surface area contributed by atoms with Crippen LogP contribution in [0.25, 0.3) is 17.2 Å². The lowest BCUT2D eigenvalue weighted by Gasteiger charge is -2.27. The molecule has 0 aromatic heterocycles. The summed E-state index contributed by atoms with van der Waals surface area (Å²) in [6, 6.07) is 13.9. The van der Waals surface area contributed by atoms with Crippen molar-refractivity contribution in [3.05, 3.63) is 53.8 Å². The molecule has 190 valence electrons. The molecule has 0 unspecified atom stereocenters. The van der Waals surface area contributed by atoms with E-state index in [2.05, 4.69) is 17.0 Å². The van der Waals surface area contributed by atoms with Crippen molar-refractivity contribution < 1.29 is 9.53 Å². The number of carbonyl (C=O) groups is 1. The van der Waals surface area contributed by atoms with E-state index < -0.39 is 0 Å². The Morgan fingerprint density at radius 2 is 1.71 bits per heavy atom. The number of urea groups is 1. The number of likely N-dealkylation sites (tertiary alicyclic amines) is 1. The van der Waals surface area contributed by atoms with Crippen LogP contribution in [0.5, 0.6) is 5.75 Å². The lowest BCUT2D eigenvalue weighted by molar-refractivity contribution is 0.172. The van der Waals surface area contributed by atoms with Gasteiger partial charge in [0.15, 0.2) is 0 Å². The van der Waals surface area contributed by atoms with Crippen molar-refractivity contribution in [2.75, 3.05) is 46.1 Å². The number of amides is 2. The van der Waals surface area contributed by atoms with Crippen LogP contribution in [0.3, 0.4) is 0 Å². The number of nitrogens with two attached hydrogens (primary N) is 2. The van der Waals surface area contributed by atoms with E-state index in [9.17, 15) is 4.79 Å². The number of carbonyl (C=O) groups excluding carboxylic acids is 1. The minimum Gasteiger partial charge on any atom is -0.494 e. The van der Waals surface area contributed by atoms with Gasteiger partial charge in [-0.05, 0) is 87.7 Å². The summed E-state index contributed by atoms with van der Waals surface area (Å²) in [6.45, 7) is 8.20. The first kappa shape index (κ1) is 26.4. The normalized spacial score (nSPS) is 14.7. The van der Waals surface area contributed by atoms with Gasteiger partial charge in [-0.3, -0.25) is 4.90 Å². The van der Waals surface area contributed by atoms with E-state index in [1.807, 2.05) is 44.2 Å². The Morgan fingerprint density at radius 1 is 1.06 bits per heavy atom. The highest BCUT2D eigenvalue weighted by atomic mass is 16.5. The summed E-state index contributed by atoms with van der Waals surface area (Å²) in [5, 5.41) is 0. The molecule has 7 heteroatoms. The first-order chi connectivity index (χ1) is 16.8. The van der Waals surface area contributed by atoms with Crippen LogP contribution in [0.4, 0.5) is 10.5 Å². The Hall–Kier alpha value is -3.19. The number of hydrogen-bond acceptors (Lipinski definition) is 5. The second-order valence-electron chi connectivity index (χ2n) is 9.59. The highest BCUT2D eigenvalue weighted by molar-refractivity contribution is 5.79. The molecule has 4 N–H and O–H groups in total. The zero-order valence-corrected chi connectivity index (χ0v) is 21.7. The van der Waals surface area contributed by atoms with Crippen LogP contribution in [0.15, 0.2) is 48.3 Å². The van der Waals surface area contributed by atoms with Crippen LogP contribution in [0.1, 0.15) is 45.1 Å². The Bertz CT molecular complexity index is 997. The fraction of sp³-hybridized carbons (Fsp3) is 0.464. The molecule has 1 saturated heterocycles. The Balaban J connectivity index is 1.62. The van der Waals surface area contributed by atoms with Crippen LogP contribution < -0.4 is 16.2 Å². The lowest BCUT2D eigenvalue weighted by atomic mass is 10.0. The third kappa shape index (κ3) is 7.39. The molecule has 0 radical (unpaired) electrons. The van der Waals surface area contributed by atoms with Gasteiger partial charge >= 0.3 is 6.03 Å². The molecule has 1 heterocycles. The van der Waals surface area contributed by atoms with Crippen LogP contribution in [0.2, 0.25) is 0 Å². The second-order valence-corrected chi connectivity index (χ2v) is 9.59. The smallest absolute Gasteiger partial charge is 0.325 e. The van der Waals surface area contributed by atoms with E-state index in [0.717, 1.165) is 42.0 Å². The van der Waals surface area contributed by atoms with E-state index >= 15 is 0 Å². The van der Waals surface area contributed by atoms with Crippen molar-refractivity contribution in [2.24, 2.45) is 5.73 Å². The minimum absolute atomic E-state index is 0.0766. The summed E-state index contributed by atoms with van der Waals surface area (Å²) >= 11 is 0. The Kier molecular flexibility index (Phi) is 9.43. The van der Waals surface area contributed by atoms with Gasteiger partial charge in [-0.15, -0.1) is 0 Å². The summed E-state index contributed by atoms with van der Waals surface area (Å²) in [5.41, 5.74) is 15.9. The first-order valence-corrected chi connectivity index (χ1v) is 12.6. The van der Waals surface area contributed by atoms with Crippen molar-refractivity contribution in [3.63, 3.8) is 0 Å². The van der Waals surface area contributed by atoms with Gasteiger partial charge in [0.1, 0.15) is 11.6 Å². The standard InChI is InChI=1S/C28H41N5O2/c1-21(2)31(3)28(34)32(4)27(30)20-24-19-23(11-14-26(24)29)22-9-12-25(13-10-22)35-18-8-17-33-15-6-5-7-16-33/h9-14,19-21H,5-8,15-18,29-30H2,1-4H3/b27-20+. The molecule has 7 nitrogen and oxygen atoms in total. The van der Waals surface area contributed by atoms with Crippen molar-refractivity contribution in [1.29, 1.82) is 0 Å². The van der Waals surface area contributed by atoms with Crippen LogP contribution in [-0.4, -0.2) is 67.1 Å². The maximum Gasteiger partial charge on any atom is 0.325 e. The number of rotatable bonds is 9. The van der Waals surface area contributed by atoms with Gasteiger partial charge in [0.05, 0.1) is 6.61 Å². The van der Waals surface area contributed by atoms with Crippen LogP contribution in [-0.2, 0) is 0 Å². The predicted molar refractivity (Wildman–Crippen MR) is 145 cm³/mol. The molecule has 0 aliphatic carbocycles. The molecule has 2 aromatic carbocycles. The molecule has 0 spiro atoms. The largest absolute Gasteiger partial charge is 0.494 e. The van der Waals surface area contributed by atoms with Gasteiger partial charge in [0.2, 0.25) is 0 Å². The number of benzene rings is 2. The fourth-order valence-electron chi connectivity index (χ4n) is 4.11. The summed E-state index contributed by atoms with van der Waals surface area (Å²) in [7, 11) is 3.42. The second kappa shape index (κ2) is 12.5. The summed E-state index contributed by atoms with van der Waals surface area (Å²) in [4.78, 5) is 18.2. The molecule has 0 saturated carbocycles. The number of hydrogen-bond donors (Lipinski definition) is 2. The van der Waals surface area contributed by atoms with Crippen LogP contribution >= 0.6 is 0 Å². The van der Waals surface area contributed by atoms with Crippen LogP contribution in [0, 0.1) is 0 Å². The van der Waals surface area contributed by atoms with Crippen molar-refractivity contribution >= 4 is 17.8 Å². The quantitative estimate of drug-likeness (QED) is 0.397. The van der Waals surface area contributed by atoms with Crippen molar-refractivity contribution in [3.8, 4) is 16.9 Å². The van der Waals surface area contributed by atoms with Gasteiger partial charge in [-0.2, -0.15) is 0 Å².